The summed E-state index contributed by atoms with van der Waals surface area (Å²) in [5.74, 6) is 0.483. The smallest absolute Gasteiger partial charge is 0.323 e. The molecule has 5 rings (SSSR count). The van der Waals surface area contributed by atoms with Crippen molar-refractivity contribution in [1.82, 2.24) is 19.9 Å². The van der Waals surface area contributed by atoms with Gasteiger partial charge in [-0.25, -0.2) is 23.2 Å². The van der Waals surface area contributed by atoms with Gasteiger partial charge in [0.25, 0.3) is 10.0 Å². The lowest BCUT2D eigenvalue weighted by atomic mass is 10.1. The molecule has 1 aliphatic heterocycles. The number of nitriles is 1. The van der Waals surface area contributed by atoms with Crippen LogP contribution < -0.4 is 14.7 Å². The fourth-order valence-electron chi connectivity index (χ4n) is 3.46. The summed E-state index contributed by atoms with van der Waals surface area (Å²) in [6.45, 7) is 0.332. The number of nitrogens with zero attached hydrogens (tertiary/aromatic N) is 4. The summed E-state index contributed by atoms with van der Waals surface area (Å²) in [5.41, 5.74) is 2.22. The largest absolute Gasteiger partial charge is 0.489 e. The standard InChI is InChI=1S/C20H14N6O4S/c21-9-19-22-10-13(11-23-19)12-1-4-18-17(7-12)26(5-6-30-18)31(28,29)14-2-3-15-16(8-14)25-20(27)24-15/h1-4,7-8,10-11H,5-6H2,(H2,24,25,27). The maximum Gasteiger partial charge on any atom is 0.323 e. The van der Waals surface area contributed by atoms with Crippen LogP contribution in [0.25, 0.3) is 22.2 Å². The van der Waals surface area contributed by atoms with Crippen molar-refractivity contribution >= 4 is 26.7 Å². The van der Waals surface area contributed by atoms with Crippen LogP contribution in [-0.2, 0) is 10.0 Å². The second-order valence-corrected chi connectivity index (χ2v) is 8.66. The number of nitrogens with one attached hydrogen (secondary N) is 2. The lowest BCUT2D eigenvalue weighted by molar-refractivity contribution is 0.316. The number of benzene rings is 2. The Labute approximate surface area is 175 Å². The van der Waals surface area contributed by atoms with Crippen LogP contribution in [0.2, 0.25) is 0 Å². The Bertz CT molecular complexity index is 1520. The summed E-state index contributed by atoms with van der Waals surface area (Å²) in [7, 11) is -3.92. The summed E-state index contributed by atoms with van der Waals surface area (Å²) in [5, 5.41) is 8.87. The van der Waals surface area contributed by atoms with E-state index in [2.05, 4.69) is 19.9 Å². The molecular formula is C20H14N6O4S. The molecule has 1 aliphatic rings. The highest BCUT2D eigenvalue weighted by Gasteiger charge is 2.31. The van der Waals surface area contributed by atoms with Gasteiger partial charge in [-0.05, 0) is 35.9 Å². The average molecular weight is 434 g/mol. The van der Waals surface area contributed by atoms with Gasteiger partial charge in [-0.3, -0.25) is 4.31 Å². The number of aromatic amines is 2. The van der Waals surface area contributed by atoms with Crippen LogP contribution in [0.5, 0.6) is 5.75 Å². The van der Waals surface area contributed by atoms with Gasteiger partial charge in [0.15, 0.2) is 0 Å². The van der Waals surface area contributed by atoms with E-state index in [9.17, 15) is 13.2 Å². The molecule has 0 spiro atoms. The van der Waals surface area contributed by atoms with Crippen LogP contribution in [0.3, 0.4) is 0 Å². The highest BCUT2D eigenvalue weighted by atomic mass is 32.2. The molecule has 0 bridgehead atoms. The molecule has 0 amide bonds. The molecule has 11 heteroatoms. The molecule has 0 saturated heterocycles. The minimum atomic E-state index is -3.92. The molecule has 0 fully saturated rings. The third-order valence-electron chi connectivity index (χ3n) is 4.94. The van der Waals surface area contributed by atoms with Crippen molar-refractivity contribution in [2.75, 3.05) is 17.5 Å². The highest BCUT2D eigenvalue weighted by Crippen LogP contribution is 2.38. The fourth-order valence-corrected chi connectivity index (χ4v) is 4.93. The maximum absolute atomic E-state index is 13.4. The van der Waals surface area contributed by atoms with Crippen LogP contribution in [0, 0.1) is 11.3 Å². The number of ether oxygens (including phenoxy) is 1. The van der Waals surface area contributed by atoms with Crippen LogP contribution in [0.4, 0.5) is 5.69 Å². The van der Waals surface area contributed by atoms with Gasteiger partial charge in [-0.15, -0.1) is 0 Å². The molecule has 0 unspecified atom stereocenters. The normalized spacial score (nSPS) is 13.5. The van der Waals surface area contributed by atoms with Gasteiger partial charge in [-0.1, -0.05) is 6.07 Å². The first-order valence-corrected chi connectivity index (χ1v) is 10.6. The minimum absolute atomic E-state index is 0.0486. The molecule has 0 atom stereocenters. The molecule has 3 heterocycles. The van der Waals surface area contributed by atoms with E-state index in [1.165, 1.54) is 28.8 Å². The third-order valence-corrected chi connectivity index (χ3v) is 6.75. The molecule has 10 nitrogen and oxygen atoms in total. The molecule has 4 aromatic rings. The lowest BCUT2D eigenvalue weighted by Gasteiger charge is -2.31. The molecule has 2 N–H and O–H groups in total. The monoisotopic (exact) mass is 434 g/mol. The van der Waals surface area contributed by atoms with E-state index in [1.54, 1.807) is 24.3 Å². The van der Waals surface area contributed by atoms with E-state index in [-0.39, 0.29) is 23.9 Å². The van der Waals surface area contributed by atoms with E-state index in [0.29, 0.717) is 33.6 Å². The second-order valence-electron chi connectivity index (χ2n) is 6.80. The van der Waals surface area contributed by atoms with Gasteiger partial charge < -0.3 is 14.7 Å². The molecular weight excluding hydrogens is 420 g/mol. The zero-order chi connectivity index (χ0) is 21.6. The van der Waals surface area contributed by atoms with Gasteiger partial charge in [-0.2, -0.15) is 5.26 Å². The van der Waals surface area contributed by atoms with Gasteiger partial charge in [0, 0.05) is 18.0 Å². The predicted molar refractivity (Wildman–Crippen MR) is 111 cm³/mol. The Morgan fingerprint density at radius 3 is 2.58 bits per heavy atom. The number of imidazole rings is 1. The lowest BCUT2D eigenvalue weighted by Crippen LogP contribution is -2.37. The summed E-state index contributed by atoms with van der Waals surface area (Å²) < 4.78 is 33.8. The molecule has 2 aromatic heterocycles. The number of hydrogen-bond acceptors (Lipinski definition) is 7. The topological polar surface area (TPSA) is 145 Å². The number of hydrogen-bond donors (Lipinski definition) is 2. The predicted octanol–water partition coefficient (Wildman–Crippen LogP) is 1.77. The number of H-pyrrole nitrogens is 2. The Morgan fingerprint density at radius 1 is 1.03 bits per heavy atom. The summed E-state index contributed by atoms with van der Waals surface area (Å²) in [4.78, 5) is 24.7. The van der Waals surface area contributed by atoms with E-state index in [0.717, 1.165) is 0 Å². The van der Waals surface area contributed by atoms with Gasteiger partial charge in [0.2, 0.25) is 5.82 Å². The zero-order valence-corrected chi connectivity index (χ0v) is 16.7. The minimum Gasteiger partial charge on any atom is -0.489 e. The van der Waals surface area contributed by atoms with Crippen molar-refractivity contribution in [1.29, 1.82) is 5.26 Å². The van der Waals surface area contributed by atoms with Crippen LogP contribution in [0.15, 0.2) is 58.5 Å². The molecule has 0 saturated carbocycles. The first kappa shape index (κ1) is 18.8. The van der Waals surface area contributed by atoms with Crippen molar-refractivity contribution in [2.45, 2.75) is 4.90 Å². The van der Waals surface area contributed by atoms with E-state index >= 15 is 0 Å². The Balaban J connectivity index is 1.59. The number of rotatable bonds is 3. The number of fused-ring (bicyclic) bond motifs is 2. The van der Waals surface area contributed by atoms with Gasteiger partial charge in [0.05, 0.1) is 28.2 Å². The van der Waals surface area contributed by atoms with Crippen LogP contribution >= 0.6 is 0 Å². The van der Waals surface area contributed by atoms with Gasteiger partial charge in [0.1, 0.15) is 18.4 Å². The molecule has 2 aromatic carbocycles. The highest BCUT2D eigenvalue weighted by molar-refractivity contribution is 7.92. The second kappa shape index (κ2) is 6.96. The summed E-state index contributed by atoms with van der Waals surface area (Å²) in [6.07, 6.45) is 3.01. The molecule has 0 aliphatic carbocycles. The van der Waals surface area contributed by atoms with E-state index < -0.39 is 15.7 Å². The number of aromatic nitrogens is 4. The summed E-state index contributed by atoms with van der Waals surface area (Å²) >= 11 is 0. The first-order chi connectivity index (χ1) is 15.0. The Morgan fingerprint density at radius 2 is 1.81 bits per heavy atom. The zero-order valence-electron chi connectivity index (χ0n) is 15.9. The average Bonchev–Trinajstić information content (AvgIpc) is 3.17. The van der Waals surface area contributed by atoms with E-state index in [1.807, 2.05) is 6.07 Å². The van der Waals surface area contributed by atoms with Crippen molar-refractivity contribution in [3.63, 3.8) is 0 Å². The quantitative estimate of drug-likeness (QED) is 0.500. The first-order valence-electron chi connectivity index (χ1n) is 9.20. The molecule has 31 heavy (non-hydrogen) atoms. The van der Waals surface area contributed by atoms with Crippen molar-refractivity contribution in [3.05, 3.63) is 65.1 Å². The number of sulfonamides is 1. The van der Waals surface area contributed by atoms with E-state index in [4.69, 9.17) is 10.00 Å². The van der Waals surface area contributed by atoms with Gasteiger partial charge >= 0.3 is 5.69 Å². The van der Waals surface area contributed by atoms with Crippen LogP contribution in [-0.4, -0.2) is 41.5 Å². The molecule has 0 radical (unpaired) electrons. The fraction of sp³-hybridized carbons (Fsp3) is 0.100. The van der Waals surface area contributed by atoms with Crippen molar-refractivity contribution in [3.8, 4) is 22.9 Å². The van der Waals surface area contributed by atoms with Crippen LogP contribution in [0.1, 0.15) is 5.82 Å². The maximum atomic E-state index is 13.4. The van der Waals surface area contributed by atoms with Crippen molar-refractivity contribution < 1.29 is 13.2 Å². The Kier molecular flexibility index (Phi) is 4.23. The third kappa shape index (κ3) is 3.19. The summed E-state index contributed by atoms with van der Waals surface area (Å²) in [6, 6.07) is 11.4. The Hall–Kier alpha value is -4.17. The molecule has 154 valence electrons. The van der Waals surface area contributed by atoms with Crippen molar-refractivity contribution in [2.24, 2.45) is 0 Å². The SMILES string of the molecule is N#Cc1ncc(-c2ccc3c(c2)N(S(=O)(=O)c2ccc4[nH]c(=O)[nH]c4c2)CCO3)cn1. The number of anilines is 1.